The zero-order valence-electron chi connectivity index (χ0n) is 12.6. The molecule has 21 heavy (non-hydrogen) atoms. The van der Waals surface area contributed by atoms with E-state index in [0.29, 0.717) is 31.2 Å². The topological polar surface area (TPSA) is 64.3 Å². The van der Waals surface area contributed by atoms with Crippen LogP contribution in [0, 0.1) is 5.92 Å². The predicted molar refractivity (Wildman–Crippen MR) is 85.2 cm³/mol. The Labute approximate surface area is 127 Å². The van der Waals surface area contributed by atoms with Gasteiger partial charge in [-0.3, -0.25) is 4.79 Å². The SMILES string of the molecule is Nc1cccc(OCCNC(=O)CC2CCCCCC2)c1. The Morgan fingerprint density at radius 1 is 1.24 bits per heavy atom. The summed E-state index contributed by atoms with van der Waals surface area (Å²) in [4.78, 5) is 11.9. The summed E-state index contributed by atoms with van der Waals surface area (Å²) in [7, 11) is 0. The largest absolute Gasteiger partial charge is 0.492 e. The highest BCUT2D eigenvalue weighted by Gasteiger charge is 2.15. The second-order valence-electron chi connectivity index (χ2n) is 5.83. The van der Waals surface area contributed by atoms with E-state index in [9.17, 15) is 4.79 Å². The molecule has 1 amide bonds. The Bertz CT molecular complexity index is 440. The van der Waals surface area contributed by atoms with Gasteiger partial charge in [-0.05, 0) is 30.9 Å². The van der Waals surface area contributed by atoms with Gasteiger partial charge in [-0.2, -0.15) is 0 Å². The third-order valence-electron chi connectivity index (χ3n) is 4.00. The number of nitrogens with two attached hydrogens (primary N) is 1. The van der Waals surface area contributed by atoms with Crippen molar-refractivity contribution in [2.45, 2.75) is 44.9 Å². The number of hydrogen-bond acceptors (Lipinski definition) is 3. The summed E-state index contributed by atoms with van der Waals surface area (Å²) < 4.78 is 5.55. The lowest BCUT2D eigenvalue weighted by Gasteiger charge is -2.14. The van der Waals surface area contributed by atoms with Gasteiger partial charge < -0.3 is 15.8 Å². The van der Waals surface area contributed by atoms with E-state index < -0.39 is 0 Å². The van der Waals surface area contributed by atoms with Gasteiger partial charge in [-0.25, -0.2) is 0 Å². The molecule has 0 spiro atoms. The summed E-state index contributed by atoms with van der Waals surface area (Å²) in [6, 6.07) is 7.33. The number of ether oxygens (including phenoxy) is 1. The van der Waals surface area contributed by atoms with Crippen molar-refractivity contribution in [3.05, 3.63) is 24.3 Å². The zero-order chi connectivity index (χ0) is 14.9. The lowest BCUT2D eigenvalue weighted by atomic mass is 9.96. The number of amides is 1. The number of carbonyl (C=O) groups is 1. The summed E-state index contributed by atoms with van der Waals surface area (Å²) in [5.41, 5.74) is 6.36. The van der Waals surface area contributed by atoms with E-state index in [1.807, 2.05) is 18.2 Å². The molecule has 1 fully saturated rings. The molecule has 116 valence electrons. The van der Waals surface area contributed by atoms with Crippen molar-refractivity contribution in [2.75, 3.05) is 18.9 Å². The highest BCUT2D eigenvalue weighted by atomic mass is 16.5. The fraction of sp³-hybridized carbons (Fsp3) is 0.588. The minimum atomic E-state index is 0.151. The summed E-state index contributed by atoms with van der Waals surface area (Å²) >= 11 is 0. The first-order valence-electron chi connectivity index (χ1n) is 7.99. The molecule has 0 aromatic heterocycles. The molecule has 1 aliphatic rings. The normalized spacial score (nSPS) is 16.2. The number of nitrogen functional groups attached to an aromatic ring is 1. The van der Waals surface area contributed by atoms with Crippen LogP contribution in [0.5, 0.6) is 5.75 Å². The second-order valence-corrected chi connectivity index (χ2v) is 5.83. The molecule has 2 rings (SSSR count). The van der Waals surface area contributed by atoms with Gasteiger partial charge in [0, 0.05) is 18.2 Å². The number of rotatable bonds is 6. The fourth-order valence-corrected chi connectivity index (χ4v) is 2.87. The van der Waals surface area contributed by atoms with Crippen LogP contribution in [-0.2, 0) is 4.79 Å². The van der Waals surface area contributed by atoms with Gasteiger partial charge >= 0.3 is 0 Å². The molecule has 0 bridgehead atoms. The highest BCUT2D eigenvalue weighted by Crippen LogP contribution is 2.25. The summed E-state index contributed by atoms with van der Waals surface area (Å²) in [6.07, 6.45) is 8.27. The van der Waals surface area contributed by atoms with E-state index in [-0.39, 0.29) is 5.91 Å². The Kier molecular flexibility index (Phi) is 6.38. The molecule has 0 heterocycles. The molecule has 3 N–H and O–H groups in total. The first-order chi connectivity index (χ1) is 10.2. The monoisotopic (exact) mass is 290 g/mol. The number of hydrogen-bond donors (Lipinski definition) is 2. The third kappa shape index (κ3) is 6.06. The first kappa shape index (κ1) is 15.7. The van der Waals surface area contributed by atoms with Gasteiger partial charge in [0.15, 0.2) is 0 Å². The van der Waals surface area contributed by atoms with E-state index in [2.05, 4.69) is 5.32 Å². The average molecular weight is 290 g/mol. The minimum absolute atomic E-state index is 0.151. The third-order valence-corrected chi connectivity index (χ3v) is 4.00. The van der Waals surface area contributed by atoms with Gasteiger partial charge in [0.1, 0.15) is 12.4 Å². The molecule has 1 aromatic rings. The molecule has 1 saturated carbocycles. The van der Waals surface area contributed by atoms with Crippen molar-refractivity contribution in [3.8, 4) is 5.75 Å². The van der Waals surface area contributed by atoms with Gasteiger partial charge in [-0.1, -0.05) is 31.7 Å². The van der Waals surface area contributed by atoms with E-state index in [1.54, 1.807) is 6.07 Å². The fourth-order valence-electron chi connectivity index (χ4n) is 2.87. The molecule has 0 saturated heterocycles. The van der Waals surface area contributed by atoms with Crippen molar-refractivity contribution in [3.63, 3.8) is 0 Å². The zero-order valence-corrected chi connectivity index (χ0v) is 12.6. The molecular formula is C17H26N2O2. The molecule has 0 aliphatic heterocycles. The van der Waals surface area contributed by atoms with Gasteiger partial charge in [-0.15, -0.1) is 0 Å². The van der Waals surface area contributed by atoms with Gasteiger partial charge in [0.25, 0.3) is 0 Å². The van der Waals surface area contributed by atoms with Gasteiger partial charge in [0.2, 0.25) is 5.91 Å². The molecule has 0 atom stereocenters. The van der Waals surface area contributed by atoms with Crippen LogP contribution in [0.3, 0.4) is 0 Å². The molecule has 1 aromatic carbocycles. The van der Waals surface area contributed by atoms with Crippen LogP contribution in [0.2, 0.25) is 0 Å². The van der Waals surface area contributed by atoms with E-state index >= 15 is 0 Å². The number of benzene rings is 1. The molecule has 4 heteroatoms. The van der Waals surface area contributed by atoms with Crippen molar-refractivity contribution < 1.29 is 9.53 Å². The van der Waals surface area contributed by atoms with Crippen molar-refractivity contribution in [1.29, 1.82) is 0 Å². The predicted octanol–water partition coefficient (Wildman–Crippen LogP) is 3.12. The molecule has 4 nitrogen and oxygen atoms in total. The lowest BCUT2D eigenvalue weighted by Crippen LogP contribution is -2.29. The van der Waals surface area contributed by atoms with Crippen LogP contribution in [0.25, 0.3) is 0 Å². The van der Waals surface area contributed by atoms with Crippen molar-refractivity contribution in [1.82, 2.24) is 5.32 Å². The summed E-state index contributed by atoms with van der Waals surface area (Å²) in [5, 5.41) is 2.94. The Balaban J connectivity index is 1.60. The van der Waals surface area contributed by atoms with Crippen LogP contribution in [-0.4, -0.2) is 19.1 Å². The summed E-state index contributed by atoms with van der Waals surface area (Å²) in [6.45, 7) is 1.01. The molecule has 1 aliphatic carbocycles. The van der Waals surface area contributed by atoms with Crippen LogP contribution in [0.15, 0.2) is 24.3 Å². The smallest absolute Gasteiger partial charge is 0.220 e. The highest BCUT2D eigenvalue weighted by molar-refractivity contribution is 5.76. The minimum Gasteiger partial charge on any atom is -0.492 e. The Morgan fingerprint density at radius 3 is 2.71 bits per heavy atom. The molecule has 0 radical (unpaired) electrons. The first-order valence-corrected chi connectivity index (χ1v) is 7.99. The standard InChI is InChI=1S/C17H26N2O2/c18-15-8-5-9-16(13-15)21-11-10-19-17(20)12-14-6-3-1-2-4-7-14/h5,8-9,13-14H,1-4,6-7,10-12,18H2,(H,19,20). The quantitative estimate of drug-likeness (QED) is 0.480. The second kappa shape index (κ2) is 8.55. The van der Waals surface area contributed by atoms with Crippen LogP contribution < -0.4 is 15.8 Å². The van der Waals surface area contributed by atoms with Crippen LogP contribution in [0.4, 0.5) is 5.69 Å². The van der Waals surface area contributed by atoms with E-state index in [1.165, 1.54) is 38.5 Å². The summed E-state index contributed by atoms with van der Waals surface area (Å²) in [5.74, 6) is 1.47. The lowest BCUT2D eigenvalue weighted by molar-refractivity contribution is -0.122. The van der Waals surface area contributed by atoms with Gasteiger partial charge in [0.05, 0.1) is 6.54 Å². The van der Waals surface area contributed by atoms with Crippen LogP contribution >= 0.6 is 0 Å². The molecule has 0 unspecified atom stereocenters. The number of carbonyl (C=O) groups excluding carboxylic acids is 1. The van der Waals surface area contributed by atoms with Crippen LogP contribution in [0.1, 0.15) is 44.9 Å². The van der Waals surface area contributed by atoms with Crippen molar-refractivity contribution >= 4 is 11.6 Å². The maximum Gasteiger partial charge on any atom is 0.220 e. The number of anilines is 1. The van der Waals surface area contributed by atoms with E-state index in [0.717, 1.165) is 5.75 Å². The van der Waals surface area contributed by atoms with Crippen molar-refractivity contribution in [2.24, 2.45) is 5.92 Å². The Hall–Kier alpha value is -1.71. The average Bonchev–Trinajstić information content (AvgIpc) is 2.72. The van der Waals surface area contributed by atoms with E-state index in [4.69, 9.17) is 10.5 Å². The Morgan fingerprint density at radius 2 is 2.00 bits per heavy atom. The maximum absolute atomic E-state index is 11.9. The number of nitrogens with one attached hydrogen (secondary N) is 1. The molecular weight excluding hydrogens is 264 g/mol. The maximum atomic E-state index is 11.9.